The lowest BCUT2D eigenvalue weighted by molar-refractivity contribution is 0.0532. The molecule has 4 heterocycles. The van der Waals surface area contributed by atoms with Crippen molar-refractivity contribution in [3.63, 3.8) is 0 Å². The highest BCUT2D eigenvalue weighted by Gasteiger charge is 2.28. The smallest absolute Gasteiger partial charge is 0.274 e. The fourth-order valence-electron chi connectivity index (χ4n) is 3.61. The van der Waals surface area contributed by atoms with Gasteiger partial charge in [-0.1, -0.05) is 12.1 Å². The normalized spacial score (nSPS) is 14.0. The molecule has 1 aliphatic rings. The molecule has 10 heteroatoms. The Morgan fingerprint density at radius 1 is 0.906 bits per heavy atom. The van der Waals surface area contributed by atoms with Crippen LogP contribution in [0.2, 0.25) is 0 Å². The molecule has 5 rings (SSSR count). The summed E-state index contributed by atoms with van der Waals surface area (Å²) in [5, 5.41) is 0.648. The maximum absolute atomic E-state index is 13.3. The number of benzene rings is 1. The Kier molecular flexibility index (Phi) is 5.20. The molecule has 0 aliphatic carbocycles. The standard InChI is InChI=1S/C22H18N6O3S/c29-17-6-5-14(13-25-17)21(30)27-9-11-28(12-10-27)22(31)19-18(23-7-8-24-19)20-26-15-3-1-2-4-16(15)32-20/h1-8,13H,9-12H2,(H,25,29). The van der Waals surface area contributed by atoms with E-state index in [1.807, 2.05) is 24.3 Å². The number of fused-ring (bicyclic) bond motifs is 1. The Morgan fingerprint density at radius 3 is 2.34 bits per heavy atom. The lowest BCUT2D eigenvalue weighted by atomic mass is 10.2. The summed E-state index contributed by atoms with van der Waals surface area (Å²) in [6.45, 7) is 1.54. The molecule has 32 heavy (non-hydrogen) atoms. The van der Waals surface area contributed by atoms with Crippen LogP contribution in [0, 0.1) is 0 Å². The van der Waals surface area contributed by atoms with Gasteiger partial charge in [-0.3, -0.25) is 14.4 Å². The number of para-hydroxylation sites is 1. The average molecular weight is 446 g/mol. The molecule has 0 saturated carbocycles. The van der Waals surface area contributed by atoms with E-state index in [1.165, 1.54) is 35.9 Å². The molecule has 9 nitrogen and oxygen atoms in total. The number of amides is 2. The SMILES string of the molecule is O=C(c1ccc(=O)[nH]c1)N1CCN(C(=O)c2nccnc2-c2nc3ccccc3s2)CC1. The number of pyridine rings is 1. The highest BCUT2D eigenvalue weighted by atomic mass is 32.1. The van der Waals surface area contributed by atoms with Gasteiger partial charge >= 0.3 is 0 Å². The van der Waals surface area contributed by atoms with Crippen molar-refractivity contribution in [2.24, 2.45) is 0 Å². The topological polar surface area (TPSA) is 112 Å². The van der Waals surface area contributed by atoms with E-state index in [0.717, 1.165) is 10.2 Å². The van der Waals surface area contributed by atoms with E-state index in [9.17, 15) is 14.4 Å². The zero-order chi connectivity index (χ0) is 22.1. The minimum atomic E-state index is -0.259. The summed E-state index contributed by atoms with van der Waals surface area (Å²) in [6, 6.07) is 10.6. The van der Waals surface area contributed by atoms with Gasteiger partial charge in [-0.15, -0.1) is 11.3 Å². The molecule has 1 aromatic carbocycles. The molecule has 0 spiro atoms. The minimum absolute atomic E-state index is 0.178. The van der Waals surface area contributed by atoms with Crippen LogP contribution in [0.1, 0.15) is 20.8 Å². The molecule has 4 aromatic rings. The molecule has 0 unspecified atom stereocenters. The van der Waals surface area contributed by atoms with Crippen molar-refractivity contribution < 1.29 is 9.59 Å². The number of H-pyrrole nitrogens is 1. The first-order chi connectivity index (χ1) is 15.6. The van der Waals surface area contributed by atoms with Gasteiger partial charge in [0.2, 0.25) is 5.56 Å². The number of carbonyl (C=O) groups excluding carboxylic acids is 2. The summed E-state index contributed by atoms with van der Waals surface area (Å²) in [4.78, 5) is 56.3. The quantitative estimate of drug-likeness (QED) is 0.515. The second-order valence-corrected chi connectivity index (χ2v) is 8.30. The Hall–Kier alpha value is -3.92. The number of aromatic nitrogens is 4. The molecule has 0 radical (unpaired) electrons. The molecule has 1 fully saturated rings. The van der Waals surface area contributed by atoms with Crippen molar-refractivity contribution in [2.75, 3.05) is 26.2 Å². The Balaban J connectivity index is 1.33. The van der Waals surface area contributed by atoms with E-state index in [4.69, 9.17) is 0 Å². The van der Waals surface area contributed by atoms with Crippen molar-refractivity contribution in [2.45, 2.75) is 0 Å². The van der Waals surface area contributed by atoms with Crippen LogP contribution in [0.25, 0.3) is 20.9 Å². The van der Waals surface area contributed by atoms with E-state index >= 15 is 0 Å². The number of hydrogen-bond acceptors (Lipinski definition) is 7. The number of nitrogens with one attached hydrogen (secondary N) is 1. The third kappa shape index (κ3) is 3.76. The zero-order valence-corrected chi connectivity index (χ0v) is 17.7. The minimum Gasteiger partial charge on any atom is -0.335 e. The third-order valence-electron chi connectivity index (χ3n) is 5.28. The second-order valence-electron chi connectivity index (χ2n) is 7.27. The monoisotopic (exact) mass is 446 g/mol. The first kappa shape index (κ1) is 20.0. The maximum atomic E-state index is 13.3. The number of aromatic amines is 1. The lowest BCUT2D eigenvalue weighted by Gasteiger charge is -2.34. The summed E-state index contributed by atoms with van der Waals surface area (Å²) >= 11 is 1.47. The fraction of sp³-hybridized carbons (Fsp3) is 0.182. The molecule has 1 saturated heterocycles. The van der Waals surface area contributed by atoms with Crippen LogP contribution in [0.5, 0.6) is 0 Å². The number of hydrogen-bond donors (Lipinski definition) is 1. The van der Waals surface area contributed by atoms with Crippen molar-refractivity contribution in [1.29, 1.82) is 0 Å². The van der Waals surface area contributed by atoms with Gasteiger partial charge < -0.3 is 14.8 Å². The van der Waals surface area contributed by atoms with Gasteiger partial charge in [-0.2, -0.15) is 0 Å². The number of piperazine rings is 1. The molecule has 2 amide bonds. The van der Waals surface area contributed by atoms with Crippen LogP contribution in [0.4, 0.5) is 0 Å². The van der Waals surface area contributed by atoms with Crippen LogP contribution in [0.15, 0.2) is 59.8 Å². The van der Waals surface area contributed by atoms with E-state index in [0.29, 0.717) is 42.4 Å². The molecule has 3 aromatic heterocycles. The predicted molar refractivity (Wildman–Crippen MR) is 120 cm³/mol. The van der Waals surface area contributed by atoms with Crippen molar-refractivity contribution >= 4 is 33.4 Å². The highest BCUT2D eigenvalue weighted by molar-refractivity contribution is 7.21. The second kappa shape index (κ2) is 8.31. The number of carbonyl (C=O) groups is 2. The van der Waals surface area contributed by atoms with E-state index in [-0.39, 0.29) is 23.1 Å². The Labute approximate surface area is 186 Å². The summed E-state index contributed by atoms with van der Waals surface area (Å²) in [6.07, 6.45) is 4.46. The van der Waals surface area contributed by atoms with Gasteiger partial charge in [-0.25, -0.2) is 15.0 Å². The fourth-order valence-corrected chi connectivity index (χ4v) is 4.58. The first-order valence-electron chi connectivity index (χ1n) is 10.0. The molecule has 0 atom stereocenters. The number of thiazole rings is 1. The van der Waals surface area contributed by atoms with Gasteiger partial charge in [0.05, 0.1) is 15.8 Å². The van der Waals surface area contributed by atoms with E-state index < -0.39 is 0 Å². The van der Waals surface area contributed by atoms with Crippen LogP contribution in [-0.4, -0.2) is 67.7 Å². The molecule has 1 aliphatic heterocycles. The van der Waals surface area contributed by atoms with Crippen molar-refractivity contribution in [1.82, 2.24) is 29.7 Å². The van der Waals surface area contributed by atoms with Crippen LogP contribution < -0.4 is 5.56 Å². The van der Waals surface area contributed by atoms with Gasteiger partial charge in [0.1, 0.15) is 10.7 Å². The van der Waals surface area contributed by atoms with Gasteiger partial charge in [0.25, 0.3) is 11.8 Å². The third-order valence-corrected chi connectivity index (χ3v) is 6.33. The summed E-state index contributed by atoms with van der Waals surface area (Å²) < 4.78 is 1.01. The average Bonchev–Trinajstić information content (AvgIpc) is 3.28. The molecule has 1 N–H and O–H groups in total. The first-order valence-corrected chi connectivity index (χ1v) is 10.9. The van der Waals surface area contributed by atoms with Crippen molar-refractivity contribution in [3.05, 3.63) is 76.6 Å². The predicted octanol–water partition coefficient (Wildman–Crippen LogP) is 2.04. The van der Waals surface area contributed by atoms with Gasteiger partial charge in [0, 0.05) is 50.8 Å². The van der Waals surface area contributed by atoms with E-state index in [2.05, 4.69) is 19.9 Å². The zero-order valence-electron chi connectivity index (χ0n) is 16.9. The highest BCUT2D eigenvalue weighted by Crippen LogP contribution is 2.30. The number of rotatable bonds is 3. The maximum Gasteiger partial charge on any atom is 0.274 e. The molecular weight excluding hydrogens is 428 g/mol. The number of nitrogens with zero attached hydrogens (tertiary/aromatic N) is 5. The van der Waals surface area contributed by atoms with Crippen LogP contribution in [-0.2, 0) is 0 Å². The summed E-state index contributed by atoms with van der Waals surface area (Å²) in [7, 11) is 0. The Morgan fingerprint density at radius 2 is 1.62 bits per heavy atom. The molecule has 0 bridgehead atoms. The lowest BCUT2D eigenvalue weighted by Crippen LogP contribution is -2.50. The van der Waals surface area contributed by atoms with Gasteiger partial charge in [-0.05, 0) is 18.2 Å². The van der Waals surface area contributed by atoms with Crippen molar-refractivity contribution in [3.8, 4) is 10.7 Å². The van der Waals surface area contributed by atoms with Crippen LogP contribution in [0.3, 0.4) is 0 Å². The summed E-state index contributed by atoms with van der Waals surface area (Å²) in [5.41, 5.74) is 1.73. The van der Waals surface area contributed by atoms with Gasteiger partial charge in [0.15, 0.2) is 5.69 Å². The largest absolute Gasteiger partial charge is 0.335 e. The summed E-state index contributed by atoms with van der Waals surface area (Å²) in [5.74, 6) is -0.411. The van der Waals surface area contributed by atoms with E-state index in [1.54, 1.807) is 16.0 Å². The molecular formula is C22H18N6O3S. The Bertz CT molecular complexity index is 1320. The van der Waals surface area contributed by atoms with Crippen LogP contribution >= 0.6 is 11.3 Å². The molecule has 160 valence electrons.